The minimum Gasteiger partial charge on any atom is -0.493 e. The first kappa shape index (κ1) is 14.4. The molecular weight excluding hydrogens is 262 g/mol. The average molecular weight is 287 g/mol. The summed E-state index contributed by atoms with van der Waals surface area (Å²) in [6.45, 7) is 4.67. The molecule has 1 aromatic carbocycles. The molecule has 0 aromatic heterocycles. The number of nitrogens with one attached hydrogen (secondary N) is 1. The van der Waals surface area contributed by atoms with E-state index >= 15 is 0 Å². The van der Waals surface area contributed by atoms with Gasteiger partial charge in [0.1, 0.15) is 5.75 Å². The van der Waals surface area contributed by atoms with Crippen molar-refractivity contribution in [3.63, 3.8) is 0 Å². The maximum atomic E-state index is 12.5. The van der Waals surface area contributed by atoms with Crippen LogP contribution in [0, 0.1) is 17.8 Å². The van der Waals surface area contributed by atoms with Crippen molar-refractivity contribution in [1.82, 2.24) is 5.32 Å². The molecule has 21 heavy (non-hydrogen) atoms. The molecule has 0 saturated heterocycles. The van der Waals surface area contributed by atoms with Gasteiger partial charge in [0.15, 0.2) is 0 Å². The molecule has 2 aliphatic rings. The molecule has 0 heterocycles. The van der Waals surface area contributed by atoms with Gasteiger partial charge in [-0.05, 0) is 63.0 Å². The fourth-order valence-electron chi connectivity index (χ4n) is 4.23. The van der Waals surface area contributed by atoms with Crippen molar-refractivity contribution in [3.8, 4) is 5.75 Å². The molecular formula is C18H25NO2. The van der Waals surface area contributed by atoms with Gasteiger partial charge in [0.25, 0.3) is 5.91 Å². The zero-order chi connectivity index (χ0) is 14.8. The molecule has 1 amide bonds. The van der Waals surface area contributed by atoms with E-state index in [9.17, 15) is 4.79 Å². The van der Waals surface area contributed by atoms with Crippen LogP contribution < -0.4 is 10.1 Å². The van der Waals surface area contributed by atoms with Gasteiger partial charge in [0.05, 0.1) is 12.2 Å². The number of para-hydroxylation sites is 1. The molecule has 2 fully saturated rings. The third-order valence-corrected chi connectivity index (χ3v) is 5.23. The standard InChI is InChI=1S/C18H25NO2/c1-3-21-17-7-5-4-6-15(17)18(20)19-12(2)16-11-13-8-9-14(16)10-13/h4-7,12-14,16H,3,8-11H2,1-2H3,(H,19,20)/t12-,13-,14-,16-/m1/s1. The molecule has 0 spiro atoms. The molecule has 1 aromatic rings. The van der Waals surface area contributed by atoms with Gasteiger partial charge < -0.3 is 10.1 Å². The van der Waals surface area contributed by atoms with Crippen molar-refractivity contribution in [1.29, 1.82) is 0 Å². The highest BCUT2D eigenvalue weighted by Gasteiger charge is 2.42. The van der Waals surface area contributed by atoms with Crippen LogP contribution in [0.3, 0.4) is 0 Å². The summed E-state index contributed by atoms with van der Waals surface area (Å²) in [7, 11) is 0. The topological polar surface area (TPSA) is 38.3 Å². The number of carbonyl (C=O) groups excluding carboxylic acids is 1. The predicted molar refractivity (Wildman–Crippen MR) is 83.5 cm³/mol. The van der Waals surface area contributed by atoms with E-state index in [4.69, 9.17) is 4.74 Å². The van der Waals surface area contributed by atoms with Gasteiger partial charge in [0, 0.05) is 6.04 Å². The highest BCUT2D eigenvalue weighted by Crippen LogP contribution is 2.49. The molecule has 3 rings (SSSR count). The van der Waals surface area contributed by atoms with Crippen LogP contribution >= 0.6 is 0 Å². The fraction of sp³-hybridized carbons (Fsp3) is 0.611. The number of rotatable bonds is 5. The fourth-order valence-corrected chi connectivity index (χ4v) is 4.23. The summed E-state index contributed by atoms with van der Waals surface area (Å²) < 4.78 is 5.55. The second kappa shape index (κ2) is 6.08. The van der Waals surface area contributed by atoms with E-state index in [2.05, 4.69) is 12.2 Å². The van der Waals surface area contributed by atoms with Gasteiger partial charge in [-0.1, -0.05) is 18.6 Å². The lowest BCUT2D eigenvalue weighted by molar-refractivity contribution is 0.0911. The largest absolute Gasteiger partial charge is 0.493 e. The minimum absolute atomic E-state index is 0.00526. The Kier molecular flexibility index (Phi) is 4.18. The molecule has 2 bridgehead atoms. The number of benzene rings is 1. The van der Waals surface area contributed by atoms with Crippen LogP contribution in [0.25, 0.3) is 0 Å². The van der Waals surface area contributed by atoms with Crippen molar-refractivity contribution in [2.24, 2.45) is 17.8 Å². The highest BCUT2D eigenvalue weighted by atomic mass is 16.5. The van der Waals surface area contributed by atoms with E-state index in [0.29, 0.717) is 23.8 Å². The maximum absolute atomic E-state index is 12.5. The molecule has 3 heteroatoms. The van der Waals surface area contributed by atoms with Gasteiger partial charge in [-0.25, -0.2) is 0 Å². The summed E-state index contributed by atoms with van der Waals surface area (Å²) in [5.41, 5.74) is 0.648. The van der Waals surface area contributed by atoms with E-state index in [1.165, 1.54) is 25.7 Å². The van der Waals surface area contributed by atoms with Crippen molar-refractivity contribution in [2.75, 3.05) is 6.61 Å². The van der Waals surface area contributed by atoms with Crippen LogP contribution in [0.2, 0.25) is 0 Å². The number of carbonyl (C=O) groups is 1. The molecule has 0 radical (unpaired) electrons. The Morgan fingerprint density at radius 3 is 2.81 bits per heavy atom. The van der Waals surface area contributed by atoms with E-state index in [0.717, 1.165) is 11.8 Å². The molecule has 3 nitrogen and oxygen atoms in total. The van der Waals surface area contributed by atoms with Crippen LogP contribution in [0.5, 0.6) is 5.75 Å². The third kappa shape index (κ3) is 2.92. The van der Waals surface area contributed by atoms with Gasteiger partial charge in [-0.3, -0.25) is 4.79 Å². The Bertz CT molecular complexity index is 514. The van der Waals surface area contributed by atoms with Crippen molar-refractivity contribution < 1.29 is 9.53 Å². The summed E-state index contributed by atoms with van der Waals surface area (Å²) in [6.07, 6.45) is 5.42. The summed E-state index contributed by atoms with van der Waals surface area (Å²) in [4.78, 5) is 12.5. The highest BCUT2D eigenvalue weighted by molar-refractivity contribution is 5.97. The lowest BCUT2D eigenvalue weighted by Gasteiger charge is -2.28. The number of amides is 1. The van der Waals surface area contributed by atoms with Crippen molar-refractivity contribution in [2.45, 2.75) is 45.6 Å². The molecule has 0 aliphatic heterocycles. The first-order chi connectivity index (χ1) is 10.2. The zero-order valence-corrected chi connectivity index (χ0v) is 13.0. The van der Waals surface area contributed by atoms with Crippen LogP contribution in [-0.4, -0.2) is 18.6 Å². The Morgan fingerprint density at radius 1 is 1.33 bits per heavy atom. The number of fused-ring (bicyclic) bond motifs is 2. The quantitative estimate of drug-likeness (QED) is 0.898. The third-order valence-electron chi connectivity index (χ3n) is 5.23. The molecule has 114 valence electrons. The van der Waals surface area contributed by atoms with Gasteiger partial charge >= 0.3 is 0 Å². The molecule has 2 aliphatic carbocycles. The molecule has 0 unspecified atom stereocenters. The monoisotopic (exact) mass is 287 g/mol. The number of ether oxygens (including phenoxy) is 1. The zero-order valence-electron chi connectivity index (χ0n) is 13.0. The Hall–Kier alpha value is -1.51. The van der Waals surface area contributed by atoms with Crippen LogP contribution in [0.4, 0.5) is 0 Å². The second-order valence-electron chi connectivity index (χ2n) is 6.53. The van der Waals surface area contributed by atoms with E-state index in [1.54, 1.807) is 0 Å². The van der Waals surface area contributed by atoms with E-state index < -0.39 is 0 Å². The minimum atomic E-state index is -0.00526. The first-order valence-corrected chi connectivity index (χ1v) is 8.21. The van der Waals surface area contributed by atoms with E-state index in [1.807, 2.05) is 31.2 Å². The van der Waals surface area contributed by atoms with Crippen LogP contribution in [0.1, 0.15) is 49.9 Å². The summed E-state index contributed by atoms with van der Waals surface area (Å²) in [5.74, 6) is 3.07. The Labute approximate surface area is 127 Å². The first-order valence-electron chi connectivity index (χ1n) is 8.21. The summed E-state index contributed by atoms with van der Waals surface area (Å²) >= 11 is 0. The number of hydrogen-bond donors (Lipinski definition) is 1. The lowest BCUT2D eigenvalue weighted by atomic mass is 9.84. The second-order valence-corrected chi connectivity index (χ2v) is 6.53. The lowest BCUT2D eigenvalue weighted by Crippen LogP contribution is -2.40. The smallest absolute Gasteiger partial charge is 0.255 e. The summed E-state index contributed by atoms with van der Waals surface area (Å²) in [5, 5.41) is 3.20. The Morgan fingerprint density at radius 2 is 2.14 bits per heavy atom. The van der Waals surface area contributed by atoms with Crippen LogP contribution in [-0.2, 0) is 0 Å². The maximum Gasteiger partial charge on any atom is 0.255 e. The Balaban J connectivity index is 1.66. The van der Waals surface area contributed by atoms with Crippen LogP contribution in [0.15, 0.2) is 24.3 Å². The summed E-state index contributed by atoms with van der Waals surface area (Å²) in [6, 6.07) is 7.75. The molecule has 4 atom stereocenters. The van der Waals surface area contributed by atoms with Gasteiger partial charge in [-0.2, -0.15) is 0 Å². The normalized spacial score (nSPS) is 28.4. The van der Waals surface area contributed by atoms with Crippen molar-refractivity contribution >= 4 is 5.91 Å². The molecule has 2 saturated carbocycles. The van der Waals surface area contributed by atoms with Crippen molar-refractivity contribution in [3.05, 3.63) is 29.8 Å². The van der Waals surface area contributed by atoms with E-state index in [-0.39, 0.29) is 11.9 Å². The number of hydrogen-bond acceptors (Lipinski definition) is 2. The van der Waals surface area contributed by atoms with Gasteiger partial charge in [-0.15, -0.1) is 0 Å². The predicted octanol–water partition coefficient (Wildman–Crippen LogP) is 3.64. The average Bonchev–Trinajstić information content (AvgIpc) is 3.10. The molecule has 1 N–H and O–H groups in total. The SMILES string of the molecule is CCOc1ccccc1C(=O)N[C@H](C)[C@H]1C[C@@H]2CC[C@@H]1C2. The van der Waals surface area contributed by atoms with Gasteiger partial charge in [0.2, 0.25) is 0 Å².